The smallest absolute Gasteiger partial charge is 0.132 e. The van der Waals surface area contributed by atoms with Crippen LogP contribution in [-0.4, -0.2) is 21.6 Å². The molecular weight excluding hydrogens is 319 g/mol. The Kier molecular flexibility index (Phi) is 3.39. The minimum absolute atomic E-state index is 0.189. The summed E-state index contributed by atoms with van der Waals surface area (Å²) in [6.45, 7) is 0. The van der Waals surface area contributed by atoms with Gasteiger partial charge in [-0.2, -0.15) is 11.8 Å². The van der Waals surface area contributed by atoms with Crippen molar-refractivity contribution in [3.63, 3.8) is 0 Å². The molecule has 1 aliphatic heterocycles. The number of hydrogen-bond acceptors (Lipinski definition) is 2. The standard InChI is InChI=1S/C17H14ClFN2S/c1-22-9-11-7-10-5-6-16(18)20-17(10)15-8-12-13(19)3-2-4-14(12)21(11)15/h2-6,8,11H,7,9H2,1H3. The average molecular weight is 333 g/mol. The third-order valence-electron chi connectivity index (χ3n) is 4.20. The summed E-state index contributed by atoms with van der Waals surface area (Å²) < 4.78 is 16.4. The topological polar surface area (TPSA) is 17.8 Å². The van der Waals surface area contributed by atoms with E-state index in [0.29, 0.717) is 16.6 Å². The predicted octanol–water partition coefficient (Wildman–Crippen LogP) is 4.96. The van der Waals surface area contributed by atoms with Gasteiger partial charge in [0.1, 0.15) is 11.0 Å². The maximum absolute atomic E-state index is 14.2. The predicted molar refractivity (Wildman–Crippen MR) is 91.3 cm³/mol. The van der Waals surface area contributed by atoms with Gasteiger partial charge in [-0.3, -0.25) is 0 Å². The zero-order valence-electron chi connectivity index (χ0n) is 12.0. The van der Waals surface area contributed by atoms with E-state index in [0.717, 1.165) is 29.1 Å². The number of fused-ring (bicyclic) bond motifs is 5. The molecule has 3 heterocycles. The van der Waals surface area contributed by atoms with Crippen LogP contribution in [0.5, 0.6) is 0 Å². The number of rotatable bonds is 2. The van der Waals surface area contributed by atoms with E-state index in [1.807, 2.05) is 24.3 Å². The van der Waals surface area contributed by atoms with E-state index in [9.17, 15) is 4.39 Å². The Morgan fingerprint density at radius 1 is 1.36 bits per heavy atom. The Hall–Kier alpha value is -1.52. The minimum Gasteiger partial charge on any atom is -0.335 e. The van der Waals surface area contributed by atoms with E-state index in [1.54, 1.807) is 17.8 Å². The van der Waals surface area contributed by atoms with Gasteiger partial charge in [0.05, 0.1) is 16.9 Å². The van der Waals surface area contributed by atoms with Crippen LogP contribution in [0, 0.1) is 5.82 Å². The molecule has 3 aromatic rings. The molecule has 0 aliphatic carbocycles. The summed E-state index contributed by atoms with van der Waals surface area (Å²) in [7, 11) is 0. The van der Waals surface area contributed by atoms with Gasteiger partial charge in [-0.25, -0.2) is 9.37 Å². The average Bonchev–Trinajstić information content (AvgIpc) is 2.90. The van der Waals surface area contributed by atoms with Gasteiger partial charge in [-0.15, -0.1) is 0 Å². The zero-order chi connectivity index (χ0) is 15.3. The Labute approximate surface area is 137 Å². The zero-order valence-corrected chi connectivity index (χ0v) is 13.6. The van der Waals surface area contributed by atoms with Crippen LogP contribution in [0.15, 0.2) is 36.4 Å². The molecule has 0 saturated heterocycles. The lowest BCUT2D eigenvalue weighted by molar-refractivity contribution is 0.561. The highest BCUT2D eigenvalue weighted by Gasteiger charge is 2.27. The molecule has 1 aliphatic rings. The molecule has 1 aromatic carbocycles. The summed E-state index contributed by atoms with van der Waals surface area (Å²) in [4.78, 5) is 4.49. The second kappa shape index (κ2) is 5.28. The van der Waals surface area contributed by atoms with Gasteiger partial charge in [0.2, 0.25) is 0 Å². The van der Waals surface area contributed by atoms with E-state index in [1.165, 1.54) is 11.6 Å². The lowest BCUT2D eigenvalue weighted by Crippen LogP contribution is -2.21. The van der Waals surface area contributed by atoms with Crippen molar-refractivity contribution in [1.29, 1.82) is 0 Å². The quantitative estimate of drug-likeness (QED) is 0.617. The minimum atomic E-state index is -0.189. The fourth-order valence-electron chi connectivity index (χ4n) is 3.31. The fraction of sp³-hybridized carbons (Fsp3) is 0.235. The summed E-state index contributed by atoms with van der Waals surface area (Å²) >= 11 is 7.88. The molecule has 0 saturated carbocycles. The van der Waals surface area contributed by atoms with E-state index in [4.69, 9.17) is 11.6 Å². The molecule has 5 heteroatoms. The Morgan fingerprint density at radius 3 is 3.05 bits per heavy atom. The summed E-state index contributed by atoms with van der Waals surface area (Å²) in [5, 5.41) is 1.12. The SMILES string of the molecule is CSCC1Cc2ccc(Cl)nc2-c2cc3c(F)cccc3n21. The molecule has 2 nitrogen and oxygen atoms in total. The van der Waals surface area contributed by atoms with Gasteiger partial charge in [-0.05, 0) is 42.5 Å². The first-order chi connectivity index (χ1) is 10.7. The van der Waals surface area contributed by atoms with Crippen molar-refractivity contribution in [2.75, 3.05) is 12.0 Å². The van der Waals surface area contributed by atoms with Crippen LogP contribution in [0.2, 0.25) is 5.15 Å². The Balaban J connectivity index is 2.05. The van der Waals surface area contributed by atoms with Crippen molar-refractivity contribution in [3.05, 3.63) is 52.9 Å². The molecule has 0 radical (unpaired) electrons. The van der Waals surface area contributed by atoms with Crippen molar-refractivity contribution < 1.29 is 4.39 Å². The highest BCUT2D eigenvalue weighted by Crippen LogP contribution is 2.40. The second-order valence-corrected chi connectivity index (χ2v) is 6.83. The number of benzene rings is 1. The Morgan fingerprint density at radius 2 is 2.23 bits per heavy atom. The summed E-state index contributed by atoms with van der Waals surface area (Å²) in [6.07, 6.45) is 3.00. The highest BCUT2D eigenvalue weighted by molar-refractivity contribution is 7.98. The summed E-state index contributed by atoms with van der Waals surface area (Å²) in [5.74, 6) is 0.793. The molecule has 0 spiro atoms. The maximum atomic E-state index is 14.2. The fourth-order valence-corrected chi connectivity index (χ4v) is 4.11. The van der Waals surface area contributed by atoms with Gasteiger partial charge < -0.3 is 4.57 Å². The molecular formula is C17H14ClFN2S. The number of pyridine rings is 1. The lowest BCUT2D eigenvalue weighted by Gasteiger charge is -2.28. The summed E-state index contributed by atoms with van der Waals surface area (Å²) in [6, 6.07) is 11.3. The number of thioether (sulfide) groups is 1. The number of aromatic nitrogens is 2. The molecule has 2 aromatic heterocycles. The summed E-state index contributed by atoms with van der Waals surface area (Å²) in [5.41, 5.74) is 3.95. The van der Waals surface area contributed by atoms with Crippen LogP contribution in [0.4, 0.5) is 4.39 Å². The molecule has 0 N–H and O–H groups in total. The van der Waals surface area contributed by atoms with Crippen LogP contribution >= 0.6 is 23.4 Å². The van der Waals surface area contributed by atoms with Gasteiger partial charge in [-0.1, -0.05) is 23.7 Å². The first kappa shape index (κ1) is 14.1. The molecule has 0 amide bonds. The van der Waals surface area contributed by atoms with Crippen LogP contribution in [0.25, 0.3) is 22.3 Å². The van der Waals surface area contributed by atoms with Crippen LogP contribution in [0.1, 0.15) is 11.6 Å². The van der Waals surface area contributed by atoms with E-state index in [-0.39, 0.29) is 5.82 Å². The number of halogens is 2. The molecule has 1 atom stereocenters. The van der Waals surface area contributed by atoms with E-state index in [2.05, 4.69) is 15.8 Å². The molecule has 0 fully saturated rings. The first-order valence-corrected chi connectivity index (χ1v) is 8.90. The van der Waals surface area contributed by atoms with Crippen molar-refractivity contribution in [2.24, 2.45) is 0 Å². The third-order valence-corrected chi connectivity index (χ3v) is 5.13. The molecule has 4 rings (SSSR count). The molecule has 1 unspecified atom stereocenters. The van der Waals surface area contributed by atoms with E-state index >= 15 is 0 Å². The molecule has 22 heavy (non-hydrogen) atoms. The Bertz CT molecular complexity index is 874. The maximum Gasteiger partial charge on any atom is 0.132 e. The normalized spacial score (nSPS) is 16.6. The highest BCUT2D eigenvalue weighted by atomic mass is 35.5. The number of nitrogens with zero attached hydrogens (tertiary/aromatic N) is 2. The van der Waals surface area contributed by atoms with Gasteiger partial charge in [0, 0.05) is 17.2 Å². The first-order valence-electron chi connectivity index (χ1n) is 7.13. The van der Waals surface area contributed by atoms with Crippen molar-refractivity contribution in [2.45, 2.75) is 12.5 Å². The van der Waals surface area contributed by atoms with Gasteiger partial charge >= 0.3 is 0 Å². The van der Waals surface area contributed by atoms with Gasteiger partial charge in [0.25, 0.3) is 0 Å². The molecule has 0 bridgehead atoms. The van der Waals surface area contributed by atoms with E-state index < -0.39 is 0 Å². The van der Waals surface area contributed by atoms with Crippen molar-refractivity contribution >= 4 is 34.3 Å². The second-order valence-electron chi connectivity index (χ2n) is 5.53. The van der Waals surface area contributed by atoms with Crippen LogP contribution in [-0.2, 0) is 6.42 Å². The third kappa shape index (κ3) is 2.05. The monoisotopic (exact) mass is 332 g/mol. The van der Waals surface area contributed by atoms with Crippen LogP contribution < -0.4 is 0 Å². The van der Waals surface area contributed by atoms with Crippen molar-refractivity contribution in [3.8, 4) is 11.4 Å². The van der Waals surface area contributed by atoms with Crippen molar-refractivity contribution in [1.82, 2.24) is 9.55 Å². The largest absolute Gasteiger partial charge is 0.335 e. The number of hydrogen-bond donors (Lipinski definition) is 0. The van der Waals surface area contributed by atoms with Crippen LogP contribution in [0.3, 0.4) is 0 Å². The lowest BCUT2D eigenvalue weighted by atomic mass is 9.99. The van der Waals surface area contributed by atoms with Gasteiger partial charge in [0.15, 0.2) is 0 Å². The molecule has 112 valence electrons.